The van der Waals surface area contributed by atoms with Crippen LogP contribution >= 0.6 is 23.2 Å². The maximum absolute atomic E-state index is 12.4. The zero-order valence-electron chi connectivity index (χ0n) is 12.2. The number of aliphatic carboxylic acids is 2. The Morgan fingerprint density at radius 2 is 1.92 bits per heavy atom. The molecule has 9 heteroatoms. The number of nitrogens with two attached hydrogens (primary N) is 1. The van der Waals surface area contributed by atoms with Crippen LogP contribution in [0.2, 0.25) is 10.0 Å². The maximum Gasteiger partial charge on any atom is 0.324 e. The Morgan fingerprint density at radius 1 is 1.25 bits per heavy atom. The molecule has 0 spiro atoms. The van der Waals surface area contributed by atoms with Crippen molar-refractivity contribution < 1.29 is 24.6 Å². The van der Waals surface area contributed by atoms with E-state index in [4.69, 9.17) is 28.9 Å². The van der Waals surface area contributed by atoms with Crippen LogP contribution in [0.15, 0.2) is 18.2 Å². The van der Waals surface area contributed by atoms with Crippen molar-refractivity contribution >= 4 is 41.0 Å². The second-order valence-electron chi connectivity index (χ2n) is 6.20. The van der Waals surface area contributed by atoms with Crippen LogP contribution in [0.4, 0.5) is 0 Å². The number of hydrogen-bond donors (Lipinski definition) is 4. The first-order valence-corrected chi connectivity index (χ1v) is 7.94. The molecule has 2 fully saturated rings. The van der Waals surface area contributed by atoms with Crippen molar-refractivity contribution in [2.45, 2.75) is 18.0 Å². The lowest BCUT2D eigenvalue weighted by Crippen LogP contribution is -2.52. The minimum atomic E-state index is -1.66. The highest BCUT2D eigenvalue weighted by Crippen LogP contribution is 2.61. The van der Waals surface area contributed by atoms with Crippen molar-refractivity contribution in [3.05, 3.63) is 33.8 Å². The lowest BCUT2D eigenvalue weighted by atomic mass is 9.90. The average molecular weight is 373 g/mol. The van der Waals surface area contributed by atoms with Gasteiger partial charge in [0.15, 0.2) is 0 Å². The van der Waals surface area contributed by atoms with Crippen LogP contribution in [0, 0.1) is 17.8 Å². The van der Waals surface area contributed by atoms with Gasteiger partial charge in [0.1, 0.15) is 5.54 Å². The number of benzene rings is 1. The Bertz CT molecular complexity index is 755. The third kappa shape index (κ3) is 2.44. The first-order valence-electron chi connectivity index (χ1n) is 7.18. The summed E-state index contributed by atoms with van der Waals surface area (Å²) >= 11 is 11.9. The van der Waals surface area contributed by atoms with E-state index in [2.05, 4.69) is 5.32 Å². The van der Waals surface area contributed by atoms with Crippen LogP contribution in [-0.4, -0.2) is 39.6 Å². The number of carboxylic acid groups (broad SMARTS) is 2. The minimum absolute atomic E-state index is 0.0363. The molecule has 1 aromatic carbocycles. The quantitative estimate of drug-likeness (QED) is 0.628. The predicted molar refractivity (Wildman–Crippen MR) is 85.0 cm³/mol. The highest BCUT2D eigenvalue weighted by atomic mass is 35.5. The van der Waals surface area contributed by atoms with Crippen molar-refractivity contribution in [2.75, 3.05) is 0 Å². The largest absolute Gasteiger partial charge is 0.481 e. The van der Waals surface area contributed by atoms with Gasteiger partial charge < -0.3 is 21.3 Å². The monoisotopic (exact) mass is 372 g/mol. The number of fused-ring (bicyclic) bond motifs is 1. The number of amides is 1. The zero-order chi connectivity index (χ0) is 17.8. The molecule has 0 saturated heterocycles. The topological polar surface area (TPSA) is 130 Å². The molecule has 2 aliphatic rings. The number of nitrogens with one attached hydrogen (secondary N) is 1. The van der Waals surface area contributed by atoms with Crippen LogP contribution in [0.25, 0.3) is 0 Å². The van der Waals surface area contributed by atoms with Gasteiger partial charge in [-0.2, -0.15) is 0 Å². The fourth-order valence-electron chi connectivity index (χ4n) is 3.76. The van der Waals surface area contributed by atoms with Gasteiger partial charge in [0, 0.05) is 12.0 Å². The van der Waals surface area contributed by atoms with E-state index in [1.807, 2.05) is 0 Å². The molecule has 2 aliphatic carbocycles. The summed E-state index contributed by atoms with van der Waals surface area (Å²) in [6.45, 7) is 0. The summed E-state index contributed by atoms with van der Waals surface area (Å²) in [5.74, 6) is -5.00. The van der Waals surface area contributed by atoms with Gasteiger partial charge in [-0.25, -0.2) is 0 Å². The summed E-state index contributed by atoms with van der Waals surface area (Å²) < 4.78 is 0. The third-order valence-corrected chi connectivity index (χ3v) is 5.71. The number of carbonyl (C=O) groups excluding carboxylic acids is 1. The van der Waals surface area contributed by atoms with Gasteiger partial charge in [0.05, 0.1) is 21.5 Å². The molecular weight excluding hydrogens is 359 g/mol. The molecule has 0 bridgehead atoms. The van der Waals surface area contributed by atoms with Gasteiger partial charge in [0.25, 0.3) is 5.91 Å². The summed E-state index contributed by atoms with van der Waals surface area (Å²) in [5.41, 5.74) is 4.39. The second kappa shape index (κ2) is 5.61. The molecule has 0 heterocycles. The van der Waals surface area contributed by atoms with Crippen molar-refractivity contribution in [2.24, 2.45) is 23.5 Å². The van der Waals surface area contributed by atoms with Crippen LogP contribution in [0.3, 0.4) is 0 Å². The predicted octanol–water partition coefficient (Wildman–Crippen LogP) is 1.22. The number of rotatable bonds is 4. The number of halogens is 2. The molecule has 5 atom stereocenters. The van der Waals surface area contributed by atoms with Crippen LogP contribution in [0.5, 0.6) is 0 Å². The Hall–Kier alpha value is -1.83. The van der Waals surface area contributed by atoms with Crippen molar-refractivity contribution in [1.29, 1.82) is 0 Å². The van der Waals surface area contributed by atoms with Gasteiger partial charge in [-0.15, -0.1) is 0 Å². The molecule has 5 N–H and O–H groups in total. The standard InChI is InChI=1S/C15H14Cl2N2O5/c16-6-3-1-2-5(11(6)17)12(20)19-7-4-15(18,14(23)24)10-8(7)9(10)13(21)22/h1-3,7-10H,4,18H2,(H,19,20)(H,21,22)(H,23,24)/t7-,8-,9-,10+,15-/m1/s1. The SMILES string of the molecule is N[C@]1(C(=O)O)C[C@@H](NC(=O)c2cccc(Cl)c2Cl)[C@@H]2[C@@H](C(=O)O)[C@H]21. The Kier molecular flexibility index (Phi) is 3.98. The van der Waals surface area contributed by atoms with Gasteiger partial charge in [-0.3, -0.25) is 14.4 Å². The maximum atomic E-state index is 12.4. The molecule has 128 valence electrons. The van der Waals surface area contributed by atoms with E-state index >= 15 is 0 Å². The van der Waals surface area contributed by atoms with Gasteiger partial charge in [0.2, 0.25) is 0 Å². The minimum Gasteiger partial charge on any atom is -0.481 e. The highest BCUT2D eigenvalue weighted by molar-refractivity contribution is 6.43. The normalized spacial score (nSPS) is 33.6. The number of carbonyl (C=O) groups is 3. The van der Waals surface area contributed by atoms with Gasteiger partial charge >= 0.3 is 11.9 Å². The molecular formula is C15H14Cl2N2O5. The van der Waals surface area contributed by atoms with E-state index in [0.29, 0.717) is 0 Å². The van der Waals surface area contributed by atoms with Gasteiger partial charge in [-0.1, -0.05) is 29.3 Å². The molecule has 0 radical (unpaired) electrons. The summed E-state index contributed by atoms with van der Waals surface area (Å²) in [6.07, 6.45) is -0.0363. The van der Waals surface area contributed by atoms with E-state index in [0.717, 1.165) is 0 Å². The van der Waals surface area contributed by atoms with E-state index in [1.165, 1.54) is 12.1 Å². The van der Waals surface area contributed by atoms with Crippen molar-refractivity contribution in [3.63, 3.8) is 0 Å². The van der Waals surface area contributed by atoms with E-state index in [-0.39, 0.29) is 22.0 Å². The third-order valence-electron chi connectivity index (χ3n) is 4.89. The summed E-state index contributed by atoms with van der Waals surface area (Å²) in [7, 11) is 0. The van der Waals surface area contributed by atoms with E-state index in [9.17, 15) is 24.6 Å². The van der Waals surface area contributed by atoms with E-state index < -0.39 is 47.2 Å². The Labute approximate surface area is 146 Å². The van der Waals surface area contributed by atoms with Crippen LogP contribution in [0.1, 0.15) is 16.8 Å². The zero-order valence-corrected chi connectivity index (χ0v) is 13.7. The van der Waals surface area contributed by atoms with Crippen LogP contribution < -0.4 is 11.1 Å². The van der Waals surface area contributed by atoms with Crippen molar-refractivity contribution in [1.82, 2.24) is 5.32 Å². The Balaban J connectivity index is 1.83. The first kappa shape index (κ1) is 17.0. The summed E-state index contributed by atoms with van der Waals surface area (Å²) in [6, 6.07) is 3.91. The Morgan fingerprint density at radius 3 is 2.50 bits per heavy atom. The lowest BCUT2D eigenvalue weighted by Gasteiger charge is -2.25. The molecule has 0 aliphatic heterocycles. The number of hydrogen-bond acceptors (Lipinski definition) is 4. The second-order valence-corrected chi connectivity index (χ2v) is 6.98. The highest BCUT2D eigenvalue weighted by Gasteiger charge is 2.74. The van der Waals surface area contributed by atoms with Crippen LogP contribution in [-0.2, 0) is 9.59 Å². The molecule has 7 nitrogen and oxygen atoms in total. The number of carboxylic acids is 2. The fraction of sp³-hybridized carbons (Fsp3) is 0.400. The molecule has 1 aromatic rings. The molecule has 2 saturated carbocycles. The summed E-state index contributed by atoms with van der Waals surface area (Å²) in [5, 5.41) is 21.5. The van der Waals surface area contributed by atoms with Crippen molar-refractivity contribution in [3.8, 4) is 0 Å². The van der Waals surface area contributed by atoms with Gasteiger partial charge in [-0.05, 0) is 24.5 Å². The molecule has 3 rings (SSSR count). The molecule has 24 heavy (non-hydrogen) atoms. The smallest absolute Gasteiger partial charge is 0.324 e. The molecule has 0 aromatic heterocycles. The summed E-state index contributed by atoms with van der Waals surface area (Å²) in [4.78, 5) is 35.2. The first-order chi connectivity index (χ1) is 11.2. The lowest BCUT2D eigenvalue weighted by molar-refractivity contribution is -0.145. The average Bonchev–Trinajstić information content (AvgIpc) is 3.19. The molecule has 0 unspecified atom stereocenters. The molecule has 1 amide bonds. The fourth-order valence-corrected chi connectivity index (χ4v) is 4.14. The van der Waals surface area contributed by atoms with E-state index in [1.54, 1.807) is 6.07 Å².